The number of rotatable bonds is 5. The molecule has 0 N–H and O–H groups in total. The van der Waals surface area contributed by atoms with Crippen molar-refractivity contribution >= 4 is 15.9 Å². The normalized spacial score (nSPS) is 11.2. The zero-order valence-corrected chi connectivity index (χ0v) is 14.5. The molecule has 0 bridgehead atoms. The lowest BCUT2D eigenvalue weighted by Crippen LogP contribution is -2.28. The second kappa shape index (κ2) is 7.11. The van der Waals surface area contributed by atoms with Crippen molar-refractivity contribution in [2.24, 2.45) is 0 Å². The fourth-order valence-corrected chi connectivity index (χ4v) is 2.55. The van der Waals surface area contributed by atoms with Crippen molar-refractivity contribution in [3.63, 3.8) is 0 Å². The van der Waals surface area contributed by atoms with E-state index in [0.29, 0.717) is 18.8 Å². The molecule has 0 amide bonds. The van der Waals surface area contributed by atoms with E-state index in [4.69, 9.17) is 4.42 Å². The van der Waals surface area contributed by atoms with E-state index in [-0.39, 0.29) is 11.7 Å². The molecule has 0 unspecified atom stereocenters. The third-order valence-corrected chi connectivity index (χ3v) is 3.97. The number of nitrogens with zero attached hydrogens (tertiary/aromatic N) is 3. The van der Waals surface area contributed by atoms with Crippen molar-refractivity contribution in [1.29, 1.82) is 0 Å². The van der Waals surface area contributed by atoms with Crippen molar-refractivity contribution in [2.75, 3.05) is 7.05 Å². The molecule has 124 valence electrons. The number of halogens is 2. The van der Waals surface area contributed by atoms with Crippen LogP contribution >= 0.6 is 15.9 Å². The van der Waals surface area contributed by atoms with Gasteiger partial charge in [-0.15, -0.1) is 5.10 Å². The summed E-state index contributed by atoms with van der Waals surface area (Å²) in [5.74, 6) is -0.719. The van der Waals surface area contributed by atoms with Crippen LogP contribution in [0.25, 0.3) is 11.5 Å². The van der Waals surface area contributed by atoms with Gasteiger partial charge in [-0.3, -0.25) is 4.90 Å². The molecule has 0 atom stereocenters. The number of hydrogen-bond acceptors (Lipinski definition) is 4. The first-order chi connectivity index (χ1) is 11.5. The lowest BCUT2D eigenvalue weighted by Gasteiger charge is -2.15. The molecule has 0 spiro atoms. The maximum Gasteiger partial charge on any atom is 0.438 e. The Morgan fingerprint density at radius 2 is 1.83 bits per heavy atom. The lowest BCUT2D eigenvalue weighted by atomic mass is 10.2. The molecular formula is C17H15BrFN3O2. The SMILES string of the molecule is CN(Cc1ccc(Br)cc1)Cn1nc(-c2ccc(F)cc2)oc1=O. The van der Waals surface area contributed by atoms with Crippen LogP contribution in [0.5, 0.6) is 0 Å². The van der Waals surface area contributed by atoms with Crippen LogP contribution in [0.1, 0.15) is 5.56 Å². The van der Waals surface area contributed by atoms with Gasteiger partial charge in [0.05, 0.1) is 0 Å². The van der Waals surface area contributed by atoms with E-state index in [1.165, 1.54) is 28.9 Å². The van der Waals surface area contributed by atoms with Gasteiger partial charge in [0, 0.05) is 16.6 Å². The minimum absolute atomic E-state index is 0.178. The molecule has 0 saturated heterocycles. The second-order valence-electron chi connectivity index (χ2n) is 5.46. The minimum Gasteiger partial charge on any atom is -0.388 e. The van der Waals surface area contributed by atoms with Gasteiger partial charge in [-0.25, -0.2) is 9.18 Å². The predicted molar refractivity (Wildman–Crippen MR) is 91.8 cm³/mol. The summed E-state index contributed by atoms with van der Waals surface area (Å²) >= 11 is 3.40. The van der Waals surface area contributed by atoms with E-state index in [2.05, 4.69) is 21.0 Å². The van der Waals surface area contributed by atoms with E-state index in [0.717, 1.165) is 10.0 Å². The molecule has 0 aliphatic heterocycles. The van der Waals surface area contributed by atoms with Gasteiger partial charge < -0.3 is 4.42 Å². The van der Waals surface area contributed by atoms with Crippen molar-refractivity contribution in [3.8, 4) is 11.5 Å². The summed E-state index contributed by atoms with van der Waals surface area (Å²) in [6, 6.07) is 13.6. The number of aromatic nitrogens is 2. The van der Waals surface area contributed by atoms with Gasteiger partial charge in [0.1, 0.15) is 12.5 Å². The largest absolute Gasteiger partial charge is 0.438 e. The molecular weight excluding hydrogens is 377 g/mol. The zero-order chi connectivity index (χ0) is 17.1. The van der Waals surface area contributed by atoms with Crippen LogP contribution in [-0.4, -0.2) is 21.7 Å². The maximum atomic E-state index is 13.0. The van der Waals surface area contributed by atoms with Gasteiger partial charge in [0.2, 0.25) is 5.89 Å². The quantitative estimate of drug-likeness (QED) is 0.667. The van der Waals surface area contributed by atoms with Crippen LogP contribution in [0, 0.1) is 5.82 Å². The minimum atomic E-state index is -0.544. The highest BCUT2D eigenvalue weighted by Crippen LogP contribution is 2.16. The summed E-state index contributed by atoms with van der Waals surface area (Å²) in [6.07, 6.45) is 0. The molecule has 1 heterocycles. The average Bonchev–Trinajstić information content (AvgIpc) is 2.91. The molecule has 0 saturated carbocycles. The molecule has 1 aromatic heterocycles. The van der Waals surface area contributed by atoms with E-state index in [1.807, 2.05) is 36.2 Å². The first-order valence-corrected chi connectivity index (χ1v) is 8.07. The zero-order valence-electron chi connectivity index (χ0n) is 12.9. The summed E-state index contributed by atoms with van der Waals surface area (Å²) in [5, 5.41) is 4.17. The second-order valence-corrected chi connectivity index (χ2v) is 6.38. The van der Waals surface area contributed by atoms with Gasteiger partial charge in [-0.05, 0) is 49.0 Å². The Balaban J connectivity index is 1.72. The molecule has 0 aliphatic carbocycles. The first kappa shape index (κ1) is 16.6. The number of hydrogen-bond donors (Lipinski definition) is 0. The maximum absolute atomic E-state index is 13.0. The van der Waals surface area contributed by atoms with Crippen LogP contribution < -0.4 is 5.76 Å². The van der Waals surface area contributed by atoms with Crippen molar-refractivity contribution in [3.05, 3.63) is 74.9 Å². The number of benzene rings is 2. The fourth-order valence-electron chi connectivity index (χ4n) is 2.28. The highest BCUT2D eigenvalue weighted by Gasteiger charge is 2.12. The van der Waals surface area contributed by atoms with Gasteiger partial charge >= 0.3 is 5.76 Å². The highest BCUT2D eigenvalue weighted by molar-refractivity contribution is 9.10. The summed E-state index contributed by atoms with van der Waals surface area (Å²) in [7, 11) is 1.89. The third kappa shape index (κ3) is 3.98. The van der Waals surface area contributed by atoms with Crippen LogP contribution in [0.4, 0.5) is 4.39 Å². The van der Waals surface area contributed by atoms with Crippen LogP contribution in [0.15, 0.2) is 62.2 Å². The van der Waals surface area contributed by atoms with E-state index >= 15 is 0 Å². The van der Waals surface area contributed by atoms with Gasteiger partial charge in [-0.1, -0.05) is 28.1 Å². The molecule has 0 fully saturated rings. The Morgan fingerprint density at radius 3 is 2.50 bits per heavy atom. The molecule has 5 nitrogen and oxygen atoms in total. The third-order valence-electron chi connectivity index (χ3n) is 3.44. The molecule has 24 heavy (non-hydrogen) atoms. The van der Waals surface area contributed by atoms with Crippen LogP contribution in [0.2, 0.25) is 0 Å². The van der Waals surface area contributed by atoms with Crippen molar-refractivity contribution in [1.82, 2.24) is 14.7 Å². The van der Waals surface area contributed by atoms with Gasteiger partial charge in [-0.2, -0.15) is 4.68 Å². The van der Waals surface area contributed by atoms with Gasteiger partial charge in [0.25, 0.3) is 0 Å². The molecule has 0 radical (unpaired) electrons. The van der Waals surface area contributed by atoms with E-state index in [9.17, 15) is 9.18 Å². The molecule has 2 aromatic carbocycles. The Morgan fingerprint density at radius 1 is 1.17 bits per heavy atom. The Kier molecular flexibility index (Phi) is 4.92. The first-order valence-electron chi connectivity index (χ1n) is 7.28. The highest BCUT2D eigenvalue weighted by atomic mass is 79.9. The fraction of sp³-hybridized carbons (Fsp3) is 0.176. The summed E-state index contributed by atoms with van der Waals surface area (Å²) in [5.41, 5.74) is 1.68. The summed E-state index contributed by atoms with van der Waals surface area (Å²) in [4.78, 5) is 13.9. The Hall–Kier alpha value is -2.25. The molecule has 7 heteroatoms. The lowest BCUT2D eigenvalue weighted by molar-refractivity contribution is 0.237. The molecule has 3 aromatic rings. The van der Waals surface area contributed by atoms with E-state index < -0.39 is 5.76 Å². The summed E-state index contributed by atoms with van der Waals surface area (Å²) in [6.45, 7) is 0.956. The summed E-state index contributed by atoms with van der Waals surface area (Å²) < 4.78 is 20.4. The van der Waals surface area contributed by atoms with E-state index in [1.54, 1.807) is 0 Å². The van der Waals surface area contributed by atoms with Gasteiger partial charge in [0.15, 0.2) is 0 Å². The average molecular weight is 392 g/mol. The standard InChI is InChI=1S/C17H15BrFN3O2/c1-21(10-12-2-6-14(18)7-3-12)11-22-17(23)24-16(20-22)13-4-8-15(19)9-5-13/h2-9H,10-11H2,1H3. The molecule has 3 rings (SSSR count). The van der Waals surface area contributed by atoms with Crippen LogP contribution in [0.3, 0.4) is 0 Å². The Labute approximate surface area is 146 Å². The smallest absolute Gasteiger partial charge is 0.388 e. The Bertz CT molecular complexity index is 872. The van der Waals surface area contributed by atoms with Crippen molar-refractivity contribution in [2.45, 2.75) is 13.2 Å². The van der Waals surface area contributed by atoms with Crippen molar-refractivity contribution < 1.29 is 8.81 Å². The topological polar surface area (TPSA) is 51.3 Å². The van der Waals surface area contributed by atoms with Crippen LogP contribution in [-0.2, 0) is 13.2 Å². The predicted octanol–water partition coefficient (Wildman–Crippen LogP) is 3.49. The molecule has 0 aliphatic rings. The monoisotopic (exact) mass is 391 g/mol.